The second-order valence-corrected chi connectivity index (χ2v) is 6.64. The van der Waals surface area contributed by atoms with Gasteiger partial charge in [-0.3, -0.25) is 4.90 Å². The summed E-state index contributed by atoms with van der Waals surface area (Å²) >= 11 is 2.05. The monoisotopic (exact) mass is 277 g/mol. The van der Waals surface area contributed by atoms with Crippen molar-refractivity contribution in [1.82, 2.24) is 4.90 Å². The molecule has 1 saturated heterocycles. The van der Waals surface area contributed by atoms with Gasteiger partial charge in [0.2, 0.25) is 0 Å². The third-order valence-corrected chi connectivity index (χ3v) is 5.02. The molecule has 0 amide bonds. The van der Waals surface area contributed by atoms with Crippen LogP contribution < -0.4 is 0 Å². The van der Waals surface area contributed by atoms with E-state index in [0.717, 1.165) is 6.54 Å². The Balaban J connectivity index is 1.87. The van der Waals surface area contributed by atoms with Gasteiger partial charge in [-0.1, -0.05) is 44.4 Å². The summed E-state index contributed by atoms with van der Waals surface area (Å²) < 4.78 is 0. The van der Waals surface area contributed by atoms with Crippen molar-refractivity contribution in [3.8, 4) is 0 Å². The average molecular weight is 277 g/mol. The van der Waals surface area contributed by atoms with Gasteiger partial charge in [-0.05, 0) is 49.7 Å². The van der Waals surface area contributed by atoms with Gasteiger partial charge in [0.15, 0.2) is 0 Å². The Bertz CT molecular complexity index is 358. The lowest BCUT2D eigenvalue weighted by Gasteiger charge is -2.27. The lowest BCUT2D eigenvalue weighted by Crippen LogP contribution is -2.29. The van der Waals surface area contributed by atoms with Crippen LogP contribution in [0.3, 0.4) is 0 Å². The highest BCUT2D eigenvalue weighted by molar-refractivity contribution is 7.99. The molecule has 1 aliphatic rings. The fourth-order valence-electron chi connectivity index (χ4n) is 2.67. The molecular formula is C17H27NS. The molecule has 1 fully saturated rings. The number of unbranched alkanes of at least 4 members (excludes halogenated alkanes) is 2. The van der Waals surface area contributed by atoms with Gasteiger partial charge in [0.05, 0.1) is 0 Å². The first-order valence-corrected chi connectivity index (χ1v) is 8.82. The van der Waals surface area contributed by atoms with Crippen molar-refractivity contribution in [1.29, 1.82) is 0 Å². The minimum absolute atomic E-state index is 1.15. The number of hydrogen-bond acceptors (Lipinski definition) is 2. The molecule has 0 spiro atoms. The minimum atomic E-state index is 1.15. The fourth-order valence-corrected chi connectivity index (χ4v) is 3.73. The van der Waals surface area contributed by atoms with Crippen LogP contribution in [0.25, 0.3) is 0 Å². The van der Waals surface area contributed by atoms with Crippen molar-refractivity contribution in [2.75, 3.05) is 18.8 Å². The highest BCUT2D eigenvalue weighted by atomic mass is 32.2. The lowest BCUT2D eigenvalue weighted by molar-refractivity contribution is 0.219. The van der Waals surface area contributed by atoms with Gasteiger partial charge in [-0.15, -0.1) is 11.8 Å². The molecule has 0 radical (unpaired) electrons. The summed E-state index contributed by atoms with van der Waals surface area (Å²) in [5.74, 6) is 1.27. The molecule has 1 heterocycles. The maximum absolute atomic E-state index is 2.62. The van der Waals surface area contributed by atoms with E-state index in [1.165, 1.54) is 67.8 Å². The Morgan fingerprint density at radius 1 is 1.05 bits per heavy atom. The third kappa shape index (κ3) is 5.19. The molecule has 0 unspecified atom stereocenters. The molecule has 0 N–H and O–H groups in total. The molecule has 1 aromatic carbocycles. The van der Waals surface area contributed by atoms with Crippen molar-refractivity contribution < 1.29 is 0 Å². The number of rotatable bonds is 7. The number of piperidine rings is 1. The molecule has 1 aromatic rings. The zero-order valence-corrected chi connectivity index (χ0v) is 13.1. The Morgan fingerprint density at radius 3 is 2.63 bits per heavy atom. The van der Waals surface area contributed by atoms with Crippen LogP contribution in [0.2, 0.25) is 0 Å². The third-order valence-electron chi connectivity index (χ3n) is 3.82. The molecule has 1 aliphatic heterocycles. The van der Waals surface area contributed by atoms with Crippen LogP contribution >= 0.6 is 11.8 Å². The van der Waals surface area contributed by atoms with Gasteiger partial charge in [-0.2, -0.15) is 0 Å². The molecule has 0 aliphatic carbocycles. The van der Waals surface area contributed by atoms with Gasteiger partial charge < -0.3 is 0 Å². The van der Waals surface area contributed by atoms with Crippen molar-refractivity contribution in [2.24, 2.45) is 0 Å². The molecule has 0 bridgehead atoms. The number of hydrogen-bond donors (Lipinski definition) is 0. The van der Waals surface area contributed by atoms with E-state index in [4.69, 9.17) is 0 Å². The Kier molecular flexibility index (Phi) is 6.80. The van der Waals surface area contributed by atoms with Crippen LogP contribution in [-0.2, 0) is 6.54 Å². The average Bonchev–Trinajstić information content (AvgIpc) is 2.46. The standard InChI is InChI=1S/C17H27NS/c1-2-3-9-14-19-17-11-6-5-10-16(17)15-18-12-7-4-8-13-18/h5-6,10-11H,2-4,7-9,12-15H2,1H3. The second-order valence-electron chi connectivity index (χ2n) is 5.50. The molecule has 19 heavy (non-hydrogen) atoms. The maximum atomic E-state index is 2.62. The molecule has 2 heteroatoms. The molecule has 1 nitrogen and oxygen atoms in total. The lowest BCUT2D eigenvalue weighted by atomic mass is 10.1. The van der Waals surface area contributed by atoms with Crippen molar-refractivity contribution in [3.05, 3.63) is 29.8 Å². The molecule has 0 atom stereocenters. The molecule has 0 saturated carbocycles. The maximum Gasteiger partial charge on any atom is 0.0244 e. The van der Waals surface area contributed by atoms with Crippen LogP contribution in [0.5, 0.6) is 0 Å². The van der Waals surface area contributed by atoms with Gasteiger partial charge in [0.1, 0.15) is 0 Å². The Hall–Kier alpha value is -0.470. The fraction of sp³-hybridized carbons (Fsp3) is 0.647. The van der Waals surface area contributed by atoms with E-state index in [0.29, 0.717) is 0 Å². The van der Waals surface area contributed by atoms with E-state index >= 15 is 0 Å². The first-order chi connectivity index (χ1) is 9.40. The van der Waals surface area contributed by atoms with E-state index in [1.54, 1.807) is 0 Å². The summed E-state index contributed by atoms with van der Waals surface area (Å²) in [6.45, 7) is 6.00. The van der Waals surface area contributed by atoms with E-state index in [2.05, 4.69) is 36.1 Å². The van der Waals surface area contributed by atoms with Crippen molar-refractivity contribution >= 4 is 11.8 Å². The van der Waals surface area contributed by atoms with Gasteiger partial charge in [0, 0.05) is 11.4 Å². The highest BCUT2D eigenvalue weighted by Gasteiger charge is 2.12. The van der Waals surface area contributed by atoms with Crippen molar-refractivity contribution in [3.63, 3.8) is 0 Å². The number of benzene rings is 1. The first-order valence-electron chi connectivity index (χ1n) is 7.83. The summed E-state index contributed by atoms with van der Waals surface area (Å²) in [5, 5.41) is 0. The number of thioether (sulfide) groups is 1. The summed E-state index contributed by atoms with van der Waals surface area (Å²) in [5.41, 5.74) is 1.53. The zero-order chi connectivity index (χ0) is 13.3. The quantitative estimate of drug-likeness (QED) is 0.512. The van der Waals surface area contributed by atoms with Crippen LogP contribution in [0.15, 0.2) is 29.2 Å². The van der Waals surface area contributed by atoms with Gasteiger partial charge in [0.25, 0.3) is 0 Å². The summed E-state index contributed by atoms with van der Waals surface area (Å²) in [6.07, 6.45) is 8.21. The first kappa shape index (κ1) is 14.9. The van der Waals surface area contributed by atoms with E-state index in [-0.39, 0.29) is 0 Å². The summed E-state index contributed by atoms with van der Waals surface area (Å²) in [4.78, 5) is 4.12. The predicted octanol–water partition coefficient (Wildman–Crippen LogP) is 4.95. The molecular weight excluding hydrogens is 250 g/mol. The zero-order valence-electron chi connectivity index (χ0n) is 12.2. The van der Waals surface area contributed by atoms with Gasteiger partial charge in [-0.25, -0.2) is 0 Å². The largest absolute Gasteiger partial charge is 0.299 e. The van der Waals surface area contributed by atoms with E-state index in [1.807, 2.05) is 11.8 Å². The Labute approximate surface area is 122 Å². The summed E-state index contributed by atoms with van der Waals surface area (Å²) in [7, 11) is 0. The second kappa shape index (κ2) is 8.65. The topological polar surface area (TPSA) is 3.24 Å². The SMILES string of the molecule is CCCCCSc1ccccc1CN1CCCCC1. The minimum Gasteiger partial charge on any atom is -0.299 e. The highest BCUT2D eigenvalue weighted by Crippen LogP contribution is 2.25. The molecule has 2 rings (SSSR count). The molecule has 0 aromatic heterocycles. The number of likely N-dealkylation sites (tertiary alicyclic amines) is 1. The normalized spacial score (nSPS) is 16.7. The van der Waals surface area contributed by atoms with E-state index in [9.17, 15) is 0 Å². The van der Waals surface area contributed by atoms with Crippen LogP contribution in [-0.4, -0.2) is 23.7 Å². The van der Waals surface area contributed by atoms with Crippen molar-refractivity contribution in [2.45, 2.75) is 56.9 Å². The van der Waals surface area contributed by atoms with Gasteiger partial charge >= 0.3 is 0 Å². The van der Waals surface area contributed by atoms with Crippen LogP contribution in [0, 0.1) is 0 Å². The predicted molar refractivity (Wildman–Crippen MR) is 85.8 cm³/mol. The van der Waals surface area contributed by atoms with E-state index < -0.39 is 0 Å². The summed E-state index contributed by atoms with van der Waals surface area (Å²) in [6, 6.07) is 8.99. The number of nitrogens with zero attached hydrogens (tertiary/aromatic N) is 1. The van der Waals surface area contributed by atoms with Crippen LogP contribution in [0.1, 0.15) is 51.0 Å². The Morgan fingerprint density at radius 2 is 1.84 bits per heavy atom. The van der Waals surface area contributed by atoms with Crippen LogP contribution in [0.4, 0.5) is 0 Å². The smallest absolute Gasteiger partial charge is 0.0244 e. The molecule has 106 valence electrons.